The lowest BCUT2D eigenvalue weighted by molar-refractivity contribution is 0.617. The van der Waals surface area contributed by atoms with Gasteiger partial charge < -0.3 is 4.57 Å². The molecule has 0 saturated heterocycles. The van der Waals surface area contributed by atoms with Crippen molar-refractivity contribution in [1.29, 1.82) is 0 Å². The standard InChI is InChI=1S/C8H13N3/c1-7-4-2-3-5-11-6-9-10-8(7)11/h6-7H,2-5H2,1H3/t7-/m1/s1. The van der Waals surface area contributed by atoms with Crippen molar-refractivity contribution in [3.05, 3.63) is 12.2 Å². The van der Waals surface area contributed by atoms with Crippen LogP contribution in [0.1, 0.15) is 37.9 Å². The fourth-order valence-electron chi connectivity index (χ4n) is 1.68. The Bertz CT molecular complexity index is 241. The minimum Gasteiger partial charge on any atom is -0.317 e. The van der Waals surface area contributed by atoms with Crippen molar-refractivity contribution in [2.45, 2.75) is 38.6 Å². The summed E-state index contributed by atoms with van der Waals surface area (Å²) in [5.74, 6) is 1.77. The summed E-state index contributed by atoms with van der Waals surface area (Å²) >= 11 is 0. The molecule has 2 heterocycles. The molecule has 0 N–H and O–H groups in total. The van der Waals surface area contributed by atoms with Crippen LogP contribution in [0.15, 0.2) is 6.33 Å². The summed E-state index contributed by atoms with van der Waals surface area (Å²) < 4.78 is 2.18. The molecule has 1 aliphatic heterocycles. The first kappa shape index (κ1) is 6.83. The number of aromatic nitrogens is 3. The van der Waals surface area contributed by atoms with E-state index >= 15 is 0 Å². The molecule has 1 aromatic heterocycles. The molecule has 0 amide bonds. The topological polar surface area (TPSA) is 30.7 Å². The maximum atomic E-state index is 4.11. The van der Waals surface area contributed by atoms with Crippen molar-refractivity contribution in [2.24, 2.45) is 0 Å². The third-order valence-corrected chi connectivity index (χ3v) is 2.37. The van der Waals surface area contributed by atoms with Crippen molar-refractivity contribution in [2.75, 3.05) is 0 Å². The fraction of sp³-hybridized carbons (Fsp3) is 0.750. The Morgan fingerprint density at radius 2 is 2.45 bits per heavy atom. The summed E-state index contributed by atoms with van der Waals surface area (Å²) in [5.41, 5.74) is 0. The van der Waals surface area contributed by atoms with Crippen LogP contribution in [0, 0.1) is 0 Å². The zero-order valence-electron chi connectivity index (χ0n) is 6.82. The second kappa shape index (κ2) is 2.64. The molecule has 2 rings (SSSR count). The fourth-order valence-corrected chi connectivity index (χ4v) is 1.68. The van der Waals surface area contributed by atoms with Gasteiger partial charge in [0.2, 0.25) is 0 Å². The van der Waals surface area contributed by atoms with Crippen molar-refractivity contribution in [1.82, 2.24) is 14.8 Å². The first-order chi connectivity index (χ1) is 5.38. The quantitative estimate of drug-likeness (QED) is 0.563. The molecule has 0 unspecified atom stereocenters. The molecule has 1 aliphatic rings. The van der Waals surface area contributed by atoms with Gasteiger partial charge in [0.15, 0.2) is 0 Å². The van der Waals surface area contributed by atoms with E-state index < -0.39 is 0 Å². The van der Waals surface area contributed by atoms with Crippen molar-refractivity contribution < 1.29 is 0 Å². The van der Waals surface area contributed by atoms with Gasteiger partial charge in [-0.05, 0) is 12.8 Å². The van der Waals surface area contributed by atoms with Gasteiger partial charge in [-0.1, -0.05) is 13.3 Å². The molecule has 0 bridgehead atoms. The lowest BCUT2D eigenvalue weighted by atomic mass is 10.1. The van der Waals surface area contributed by atoms with Crippen LogP contribution in [-0.4, -0.2) is 14.8 Å². The summed E-state index contributed by atoms with van der Waals surface area (Å²) in [7, 11) is 0. The SMILES string of the molecule is C[C@@H]1CCCCn2cnnc21. The zero-order chi connectivity index (χ0) is 7.68. The molecular formula is C8H13N3. The lowest BCUT2D eigenvalue weighted by Gasteiger charge is -2.05. The van der Waals surface area contributed by atoms with Crippen LogP contribution in [0.3, 0.4) is 0 Å². The second-order valence-electron chi connectivity index (χ2n) is 3.28. The first-order valence-electron chi connectivity index (χ1n) is 4.25. The molecule has 0 saturated carbocycles. The minimum atomic E-state index is 0.597. The molecule has 0 spiro atoms. The van der Waals surface area contributed by atoms with E-state index in [0.717, 1.165) is 6.54 Å². The van der Waals surface area contributed by atoms with Gasteiger partial charge in [0, 0.05) is 12.5 Å². The van der Waals surface area contributed by atoms with Gasteiger partial charge >= 0.3 is 0 Å². The van der Waals surface area contributed by atoms with Crippen LogP contribution in [0.4, 0.5) is 0 Å². The summed E-state index contributed by atoms with van der Waals surface area (Å²) in [6.07, 6.45) is 5.70. The second-order valence-corrected chi connectivity index (χ2v) is 3.28. The number of aryl methyl sites for hydroxylation is 1. The van der Waals surface area contributed by atoms with E-state index in [1.165, 1.54) is 25.1 Å². The van der Waals surface area contributed by atoms with Crippen LogP contribution in [0.2, 0.25) is 0 Å². The molecule has 3 nitrogen and oxygen atoms in total. The van der Waals surface area contributed by atoms with Gasteiger partial charge in [0.05, 0.1) is 0 Å². The Morgan fingerprint density at radius 3 is 3.36 bits per heavy atom. The molecule has 3 heteroatoms. The van der Waals surface area contributed by atoms with E-state index in [0.29, 0.717) is 5.92 Å². The molecule has 60 valence electrons. The van der Waals surface area contributed by atoms with Crippen LogP contribution in [0.5, 0.6) is 0 Å². The maximum Gasteiger partial charge on any atom is 0.135 e. The van der Waals surface area contributed by atoms with Gasteiger partial charge in [0.25, 0.3) is 0 Å². The van der Waals surface area contributed by atoms with Gasteiger partial charge in [-0.3, -0.25) is 0 Å². The highest BCUT2D eigenvalue weighted by atomic mass is 15.3. The maximum absolute atomic E-state index is 4.11. The van der Waals surface area contributed by atoms with E-state index in [1.54, 1.807) is 0 Å². The summed E-state index contributed by atoms with van der Waals surface area (Å²) in [4.78, 5) is 0. The molecule has 1 atom stereocenters. The van der Waals surface area contributed by atoms with E-state index in [2.05, 4.69) is 21.7 Å². The number of hydrogen-bond donors (Lipinski definition) is 0. The molecule has 1 aromatic rings. The van der Waals surface area contributed by atoms with E-state index in [4.69, 9.17) is 0 Å². The van der Waals surface area contributed by atoms with Crippen LogP contribution >= 0.6 is 0 Å². The average molecular weight is 151 g/mol. The third-order valence-electron chi connectivity index (χ3n) is 2.37. The first-order valence-corrected chi connectivity index (χ1v) is 4.25. The number of nitrogens with zero attached hydrogens (tertiary/aromatic N) is 3. The van der Waals surface area contributed by atoms with Crippen LogP contribution < -0.4 is 0 Å². The smallest absolute Gasteiger partial charge is 0.135 e. The highest BCUT2D eigenvalue weighted by Gasteiger charge is 2.15. The zero-order valence-corrected chi connectivity index (χ0v) is 6.82. The number of hydrogen-bond acceptors (Lipinski definition) is 2. The number of fused-ring (bicyclic) bond motifs is 1. The Kier molecular flexibility index (Phi) is 1.64. The predicted octanol–water partition coefficient (Wildman–Crippen LogP) is 1.57. The van der Waals surface area contributed by atoms with E-state index in [-0.39, 0.29) is 0 Å². The molecular weight excluding hydrogens is 138 g/mol. The van der Waals surface area contributed by atoms with E-state index in [1.807, 2.05) is 6.33 Å². The lowest BCUT2D eigenvalue weighted by Crippen LogP contribution is -2.01. The normalized spacial score (nSPS) is 24.3. The summed E-state index contributed by atoms with van der Waals surface area (Å²) in [5, 5.41) is 8.02. The molecule has 0 aliphatic carbocycles. The summed E-state index contributed by atoms with van der Waals surface area (Å²) in [6, 6.07) is 0. The van der Waals surface area contributed by atoms with Gasteiger partial charge in [-0.15, -0.1) is 10.2 Å². The largest absolute Gasteiger partial charge is 0.317 e. The molecule has 0 aromatic carbocycles. The summed E-state index contributed by atoms with van der Waals surface area (Å²) in [6.45, 7) is 3.33. The highest BCUT2D eigenvalue weighted by molar-refractivity contribution is 4.95. The van der Waals surface area contributed by atoms with Crippen molar-refractivity contribution >= 4 is 0 Å². The van der Waals surface area contributed by atoms with Gasteiger partial charge in [-0.25, -0.2) is 0 Å². The Morgan fingerprint density at radius 1 is 1.55 bits per heavy atom. The van der Waals surface area contributed by atoms with E-state index in [9.17, 15) is 0 Å². The predicted molar refractivity (Wildman–Crippen MR) is 42.3 cm³/mol. The monoisotopic (exact) mass is 151 g/mol. The third kappa shape index (κ3) is 1.15. The van der Waals surface area contributed by atoms with Crippen LogP contribution in [0.25, 0.3) is 0 Å². The van der Waals surface area contributed by atoms with Crippen molar-refractivity contribution in [3.8, 4) is 0 Å². The number of rotatable bonds is 0. The molecule has 0 fully saturated rings. The Labute approximate surface area is 66.4 Å². The average Bonchev–Trinajstić information content (AvgIpc) is 2.40. The highest BCUT2D eigenvalue weighted by Crippen LogP contribution is 2.22. The minimum absolute atomic E-state index is 0.597. The van der Waals surface area contributed by atoms with Crippen molar-refractivity contribution in [3.63, 3.8) is 0 Å². The van der Waals surface area contributed by atoms with Crippen LogP contribution in [-0.2, 0) is 6.54 Å². The Hall–Kier alpha value is -0.860. The molecule has 0 radical (unpaired) electrons. The van der Waals surface area contributed by atoms with Gasteiger partial charge in [-0.2, -0.15) is 0 Å². The molecule has 11 heavy (non-hydrogen) atoms. The van der Waals surface area contributed by atoms with Gasteiger partial charge in [0.1, 0.15) is 12.2 Å². The Balaban J connectivity index is 2.34.